The van der Waals surface area contributed by atoms with Crippen molar-refractivity contribution in [2.75, 3.05) is 70.4 Å². The maximum atomic E-state index is 15.3. The number of carbonyl (C=O) groups is 1. The van der Waals surface area contributed by atoms with Crippen molar-refractivity contribution in [2.45, 2.75) is 97.1 Å². The largest absolute Gasteiger partial charge is 0.497 e. The van der Waals surface area contributed by atoms with E-state index < -0.39 is 23.3 Å². The van der Waals surface area contributed by atoms with Crippen molar-refractivity contribution >= 4 is 17.7 Å². The first kappa shape index (κ1) is 44.7. The normalized spacial score (nSPS) is 19.6. The average Bonchev–Trinajstić information content (AvgIpc) is 3.65. The van der Waals surface area contributed by atoms with Crippen LogP contribution in [0.5, 0.6) is 17.5 Å². The molecule has 2 saturated heterocycles. The smallest absolute Gasteiger partial charge is 0.418 e. The lowest BCUT2D eigenvalue weighted by Crippen LogP contribution is -2.50. The second-order valence-electron chi connectivity index (χ2n) is 17.9. The molecule has 3 atom stereocenters. The molecule has 0 radical (unpaired) electrons. The van der Waals surface area contributed by atoms with E-state index in [4.69, 9.17) is 33.9 Å². The van der Waals surface area contributed by atoms with E-state index in [9.17, 15) is 4.79 Å². The molecular weight excluding hydrogens is 800 g/mol. The number of methoxy groups -OCH3 is 2. The molecule has 4 aromatic rings. The number of aromatic nitrogens is 3. The summed E-state index contributed by atoms with van der Waals surface area (Å²) >= 11 is 0. The van der Waals surface area contributed by atoms with Crippen LogP contribution in [0.4, 0.5) is 29.6 Å². The maximum absolute atomic E-state index is 15.3. The summed E-state index contributed by atoms with van der Waals surface area (Å²) in [4.78, 5) is 36.0. The van der Waals surface area contributed by atoms with Crippen molar-refractivity contribution in [3.05, 3.63) is 93.8 Å². The standard InChI is InChI=1S/C47H60F3N7O5/c1-30-24-38-39(51-44(61-29-34-10-9-19-54(34)6)53-43(38)55-20-22-56(23-21-55)45(58)62-46(3,4)5)26-37(30)42-41(47(48,49)50)31(2)25-40(52-42)57(27-32-11-15-35(59-7)16-12-32)28-33-13-17-36(60-8)18-14-33/h11-18,25,30,34,37H,9-10,19-24,26-29H2,1-8H3/t30?,34-,37?/m0/s1. The van der Waals surface area contributed by atoms with E-state index in [-0.39, 0.29) is 41.7 Å². The van der Waals surface area contributed by atoms with E-state index in [0.29, 0.717) is 81.1 Å². The van der Waals surface area contributed by atoms with E-state index in [0.717, 1.165) is 36.1 Å². The number of halogens is 3. The van der Waals surface area contributed by atoms with Gasteiger partial charge in [0.15, 0.2) is 0 Å². The highest BCUT2D eigenvalue weighted by molar-refractivity contribution is 5.68. The molecule has 1 amide bonds. The third-order valence-electron chi connectivity index (χ3n) is 12.2. The van der Waals surface area contributed by atoms with Gasteiger partial charge in [0.05, 0.1) is 31.2 Å². The number of likely N-dealkylation sites (tertiary alicyclic amines) is 1. The number of alkyl halides is 3. The molecule has 2 aromatic carbocycles. The first-order chi connectivity index (χ1) is 29.5. The fourth-order valence-electron chi connectivity index (χ4n) is 8.83. The van der Waals surface area contributed by atoms with Crippen molar-refractivity contribution in [3.63, 3.8) is 0 Å². The molecule has 2 unspecified atom stereocenters. The zero-order valence-corrected chi connectivity index (χ0v) is 37.2. The number of rotatable bonds is 12. The van der Waals surface area contributed by atoms with Gasteiger partial charge in [-0.3, -0.25) is 0 Å². The Kier molecular flexibility index (Phi) is 13.4. The number of aryl methyl sites for hydroxylation is 1. The van der Waals surface area contributed by atoms with Crippen molar-refractivity contribution < 1.29 is 36.9 Å². The minimum atomic E-state index is -4.64. The minimum absolute atomic E-state index is 0.0151. The van der Waals surface area contributed by atoms with Crippen LogP contribution in [0.2, 0.25) is 0 Å². The van der Waals surface area contributed by atoms with Crippen LogP contribution in [0.3, 0.4) is 0 Å². The maximum Gasteiger partial charge on any atom is 0.418 e. The molecule has 1 aliphatic carbocycles. The quantitative estimate of drug-likeness (QED) is 0.137. The highest BCUT2D eigenvalue weighted by Gasteiger charge is 2.42. The Morgan fingerprint density at radius 1 is 0.855 bits per heavy atom. The first-order valence-electron chi connectivity index (χ1n) is 21.5. The zero-order valence-electron chi connectivity index (χ0n) is 37.2. The first-order valence-corrected chi connectivity index (χ1v) is 21.5. The molecule has 0 bridgehead atoms. The zero-order chi connectivity index (χ0) is 44.3. The van der Waals surface area contributed by atoms with Gasteiger partial charge in [0, 0.05) is 56.8 Å². The number of nitrogens with zero attached hydrogens (tertiary/aromatic N) is 7. The van der Waals surface area contributed by atoms with Crippen molar-refractivity contribution in [1.29, 1.82) is 0 Å². The Hall–Kier alpha value is -5.31. The number of ether oxygens (including phenoxy) is 4. The molecular formula is C47H60F3N7O5. The van der Waals surface area contributed by atoms with Crippen molar-refractivity contribution in [2.24, 2.45) is 5.92 Å². The predicted molar refractivity (Wildman–Crippen MR) is 232 cm³/mol. The van der Waals surface area contributed by atoms with Gasteiger partial charge in [-0.2, -0.15) is 23.1 Å². The number of likely N-dealkylation sites (N-methyl/N-ethyl adjacent to an activating group) is 1. The Labute approximate surface area is 363 Å². The van der Waals surface area contributed by atoms with Crippen LogP contribution < -0.4 is 24.0 Å². The summed E-state index contributed by atoms with van der Waals surface area (Å²) in [6.45, 7) is 13.1. The van der Waals surface area contributed by atoms with E-state index >= 15 is 13.2 Å². The Morgan fingerprint density at radius 3 is 2.00 bits per heavy atom. The third kappa shape index (κ3) is 10.5. The van der Waals surface area contributed by atoms with E-state index in [1.807, 2.05) is 81.1 Å². The summed E-state index contributed by atoms with van der Waals surface area (Å²) in [6, 6.07) is 17.3. The number of anilines is 2. The van der Waals surface area contributed by atoms with Gasteiger partial charge in [-0.1, -0.05) is 31.2 Å². The van der Waals surface area contributed by atoms with Gasteiger partial charge < -0.3 is 38.5 Å². The molecule has 0 saturated carbocycles. The minimum Gasteiger partial charge on any atom is -0.497 e. The number of fused-ring (bicyclic) bond motifs is 1. The second-order valence-corrected chi connectivity index (χ2v) is 17.9. The number of hydrogen-bond acceptors (Lipinski definition) is 11. The highest BCUT2D eigenvalue weighted by atomic mass is 19.4. The summed E-state index contributed by atoms with van der Waals surface area (Å²) in [5, 5.41) is 0. The van der Waals surface area contributed by atoms with Crippen LogP contribution in [0.25, 0.3) is 0 Å². The monoisotopic (exact) mass is 859 g/mol. The van der Waals surface area contributed by atoms with Crippen LogP contribution in [-0.4, -0.2) is 103 Å². The Bertz CT molecular complexity index is 2120. The van der Waals surface area contributed by atoms with Gasteiger partial charge in [0.2, 0.25) is 0 Å². The van der Waals surface area contributed by atoms with Gasteiger partial charge in [0.25, 0.3) is 0 Å². The van der Waals surface area contributed by atoms with Crippen molar-refractivity contribution in [3.8, 4) is 17.5 Å². The third-order valence-corrected chi connectivity index (χ3v) is 12.2. The van der Waals surface area contributed by atoms with E-state index in [1.165, 1.54) is 6.92 Å². The lowest BCUT2D eigenvalue weighted by molar-refractivity contribution is -0.139. The molecule has 0 spiro atoms. The molecule has 0 N–H and O–H groups in total. The summed E-state index contributed by atoms with van der Waals surface area (Å²) in [7, 11) is 5.29. The Morgan fingerprint density at radius 2 is 1.47 bits per heavy atom. The molecule has 15 heteroatoms. The van der Waals surface area contributed by atoms with Crippen LogP contribution in [0, 0.1) is 12.8 Å². The molecule has 62 heavy (non-hydrogen) atoms. The number of carbonyl (C=O) groups excluding carboxylic acids is 1. The number of hydrogen-bond donors (Lipinski definition) is 0. The van der Waals surface area contributed by atoms with E-state index in [2.05, 4.69) is 16.8 Å². The molecule has 2 aromatic heterocycles. The van der Waals surface area contributed by atoms with Gasteiger partial charge in [-0.25, -0.2) is 9.78 Å². The number of amides is 1. The molecule has 2 fully saturated rings. The highest BCUT2D eigenvalue weighted by Crippen LogP contribution is 2.46. The summed E-state index contributed by atoms with van der Waals surface area (Å²) in [6.07, 6.45) is -2.27. The van der Waals surface area contributed by atoms with E-state index in [1.54, 1.807) is 25.2 Å². The Balaban J connectivity index is 1.25. The lowest BCUT2D eigenvalue weighted by atomic mass is 9.75. The van der Waals surface area contributed by atoms with Gasteiger partial charge in [0.1, 0.15) is 35.3 Å². The molecule has 2 aliphatic heterocycles. The molecule has 3 aliphatic rings. The summed E-state index contributed by atoms with van der Waals surface area (Å²) < 4.78 is 68.7. The van der Waals surface area contributed by atoms with Gasteiger partial charge in [-0.15, -0.1) is 0 Å². The number of piperazine rings is 1. The fourth-order valence-corrected chi connectivity index (χ4v) is 8.83. The van der Waals surface area contributed by atoms with Crippen LogP contribution in [0.1, 0.15) is 85.7 Å². The molecule has 4 heterocycles. The SMILES string of the molecule is COc1ccc(CN(Cc2ccc(OC)cc2)c2cc(C)c(C(F)(F)F)c(C3Cc4nc(OC[C@@H]5CCCN5C)nc(N5CCN(C(=O)OC(C)(C)C)CC5)c4CC3C)n2)cc1. The molecule has 334 valence electrons. The van der Waals surface area contributed by atoms with Crippen LogP contribution in [0.15, 0.2) is 54.6 Å². The predicted octanol–water partition coefficient (Wildman–Crippen LogP) is 8.47. The number of benzene rings is 2. The van der Waals surface area contributed by atoms with Crippen molar-refractivity contribution in [1.82, 2.24) is 24.8 Å². The van der Waals surface area contributed by atoms with Crippen LogP contribution in [-0.2, 0) is 36.8 Å². The summed E-state index contributed by atoms with van der Waals surface area (Å²) in [5.74, 6) is 1.72. The topological polar surface area (TPSA) is 106 Å². The van der Waals surface area contributed by atoms with Gasteiger partial charge >= 0.3 is 18.3 Å². The fraction of sp³-hybridized carbons (Fsp3) is 0.532. The van der Waals surface area contributed by atoms with Crippen LogP contribution >= 0.6 is 0 Å². The molecule has 7 rings (SSSR count). The summed E-state index contributed by atoms with van der Waals surface area (Å²) in [5.41, 5.74) is 2.27. The average molecular weight is 860 g/mol. The van der Waals surface area contributed by atoms with Gasteiger partial charge in [-0.05, 0) is 120 Å². The molecule has 12 nitrogen and oxygen atoms in total. The number of pyridine rings is 1. The second kappa shape index (κ2) is 18.6. The lowest BCUT2D eigenvalue weighted by Gasteiger charge is -2.39.